The lowest BCUT2D eigenvalue weighted by atomic mass is 9.98. The molecule has 32 heavy (non-hydrogen) atoms. The number of carbonyl (C=O) groups is 3. The van der Waals surface area contributed by atoms with Gasteiger partial charge in [0.25, 0.3) is 0 Å². The van der Waals surface area contributed by atoms with Crippen LogP contribution in [0.3, 0.4) is 0 Å². The minimum absolute atomic E-state index is 0.0700. The molecule has 0 aromatic heterocycles. The number of nitrogens with one attached hydrogen (secondary N) is 1. The standard InChI is InChI=1S/C24H26N2O5S/c1-2-20(22(27)26-11-12-32-14-21(26)23(28)29)25-24(30)31-13-19-17-9-5-3-7-15(17)16-8-4-6-10-18(16)19/h3-10,19-21H,2,11-14H2,1H3,(H,25,30)(H,28,29). The van der Waals surface area contributed by atoms with Gasteiger partial charge in [-0.05, 0) is 28.7 Å². The van der Waals surface area contributed by atoms with Gasteiger partial charge in [-0.15, -0.1) is 0 Å². The van der Waals surface area contributed by atoms with E-state index in [0.29, 0.717) is 24.5 Å². The summed E-state index contributed by atoms with van der Waals surface area (Å²) in [6, 6.07) is 14.4. The van der Waals surface area contributed by atoms with E-state index in [1.54, 1.807) is 6.92 Å². The van der Waals surface area contributed by atoms with Crippen molar-refractivity contribution < 1.29 is 24.2 Å². The molecule has 0 spiro atoms. The lowest BCUT2D eigenvalue weighted by molar-refractivity contribution is -0.150. The molecule has 2 unspecified atom stereocenters. The van der Waals surface area contributed by atoms with Crippen LogP contribution in [0.5, 0.6) is 0 Å². The highest BCUT2D eigenvalue weighted by atomic mass is 32.2. The summed E-state index contributed by atoms with van der Waals surface area (Å²) in [4.78, 5) is 38.4. The zero-order valence-corrected chi connectivity index (χ0v) is 18.6. The van der Waals surface area contributed by atoms with E-state index in [0.717, 1.165) is 22.3 Å². The fourth-order valence-corrected chi connectivity index (χ4v) is 5.43. The van der Waals surface area contributed by atoms with Gasteiger partial charge in [0, 0.05) is 24.0 Å². The van der Waals surface area contributed by atoms with Gasteiger partial charge in [0.2, 0.25) is 5.91 Å². The third kappa shape index (κ3) is 4.32. The van der Waals surface area contributed by atoms with Crippen LogP contribution in [0, 0.1) is 0 Å². The maximum Gasteiger partial charge on any atom is 0.407 e. The van der Waals surface area contributed by atoms with Crippen molar-refractivity contribution in [1.82, 2.24) is 10.2 Å². The molecular weight excluding hydrogens is 428 g/mol. The Hall–Kier alpha value is -3.00. The second-order valence-electron chi connectivity index (χ2n) is 7.89. The van der Waals surface area contributed by atoms with E-state index in [4.69, 9.17) is 4.74 Å². The third-order valence-corrected chi connectivity index (χ3v) is 7.06. The Morgan fingerprint density at radius 1 is 1.12 bits per heavy atom. The number of benzene rings is 2. The van der Waals surface area contributed by atoms with Crippen LogP contribution in [0.4, 0.5) is 4.79 Å². The number of amides is 2. The molecule has 2 aliphatic rings. The number of carboxylic acid groups (broad SMARTS) is 1. The van der Waals surface area contributed by atoms with Gasteiger partial charge in [-0.25, -0.2) is 9.59 Å². The van der Waals surface area contributed by atoms with E-state index in [1.165, 1.54) is 16.7 Å². The van der Waals surface area contributed by atoms with Crippen molar-refractivity contribution in [3.8, 4) is 11.1 Å². The molecule has 2 atom stereocenters. The summed E-state index contributed by atoms with van der Waals surface area (Å²) in [5.41, 5.74) is 4.50. The molecule has 1 heterocycles. The molecule has 0 bridgehead atoms. The molecule has 2 aromatic rings. The van der Waals surface area contributed by atoms with E-state index >= 15 is 0 Å². The van der Waals surface area contributed by atoms with Crippen LogP contribution in [0.2, 0.25) is 0 Å². The molecule has 168 valence electrons. The van der Waals surface area contributed by atoms with Crippen LogP contribution < -0.4 is 5.32 Å². The van der Waals surface area contributed by atoms with E-state index in [1.807, 2.05) is 36.4 Å². The van der Waals surface area contributed by atoms with Crippen LogP contribution in [0.15, 0.2) is 48.5 Å². The summed E-state index contributed by atoms with van der Waals surface area (Å²) < 4.78 is 5.54. The van der Waals surface area contributed by atoms with Crippen molar-refractivity contribution in [2.75, 3.05) is 24.7 Å². The van der Waals surface area contributed by atoms with Crippen molar-refractivity contribution in [1.29, 1.82) is 0 Å². The molecule has 0 saturated carbocycles. The van der Waals surface area contributed by atoms with Gasteiger partial charge in [-0.3, -0.25) is 4.79 Å². The quantitative estimate of drug-likeness (QED) is 0.695. The number of hydrogen-bond acceptors (Lipinski definition) is 5. The topological polar surface area (TPSA) is 95.9 Å². The number of nitrogens with zero attached hydrogens (tertiary/aromatic N) is 1. The molecule has 1 aliphatic heterocycles. The largest absolute Gasteiger partial charge is 0.480 e. The highest BCUT2D eigenvalue weighted by Crippen LogP contribution is 2.44. The molecular formula is C24H26N2O5S. The number of alkyl carbamates (subject to hydrolysis) is 1. The number of carboxylic acids is 1. The molecule has 1 aliphatic carbocycles. The maximum absolute atomic E-state index is 13.0. The van der Waals surface area contributed by atoms with E-state index in [-0.39, 0.29) is 18.4 Å². The first-order chi connectivity index (χ1) is 15.5. The van der Waals surface area contributed by atoms with Gasteiger partial charge >= 0.3 is 12.1 Å². The Morgan fingerprint density at radius 3 is 2.34 bits per heavy atom. The lowest BCUT2D eigenvalue weighted by Crippen LogP contribution is -2.56. The van der Waals surface area contributed by atoms with E-state index in [2.05, 4.69) is 17.4 Å². The fraction of sp³-hybridized carbons (Fsp3) is 0.375. The molecule has 8 heteroatoms. The van der Waals surface area contributed by atoms with Crippen molar-refractivity contribution in [3.63, 3.8) is 0 Å². The summed E-state index contributed by atoms with van der Waals surface area (Å²) in [5, 5.41) is 12.1. The fourth-order valence-electron chi connectivity index (χ4n) is 4.39. The highest BCUT2D eigenvalue weighted by Gasteiger charge is 2.36. The van der Waals surface area contributed by atoms with Gasteiger partial charge in [-0.2, -0.15) is 11.8 Å². The Labute approximate surface area is 191 Å². The third-order valence-electron chi connectivity index (χ3n) is 6.04. The average Bonchev–Trinajstić information content (AvgIpc) is 3.14. The number of fused-ring (bicyclic) bond motifs is 3. The summed E-state index contributed by atoms with van der Waals surface area (Å²) in [6.07, 6.45) is -0.329. The van der Waals surface area contributed by atoms with Crippen LogP contribution in [-0.2, 0) is 14.3 Å². The van der Waals surface area contributed by atoms with E-state index < -0.39 is 24.1 Å². The van der Waals surface area contributed by atoms with Crippen molar-refractivity contribution in [2.24, 2.45) is 0 Å². The van der Waals surface area contributed by atoms with Crippen LogP contribution in [0.25, 0.3) is 11.1 Å². The second kappa shape index (κ2) is 9.65. The number of aliphatic carboxylic acids is 1. The number of rotatable bonds is 6. The predicted molar refractivity (Wildman–Crippen MR) is 123 cm³/mol. The number of thioether (sulfide) groups is 1. The average molecular weight is 455 g/mol. The highest BCUT2D eigenvalue weighted by molar-refractivity contribution is 7.99. The molecule has 4 rings (SSSR count). The summed E-state index contributed by atoms with van der Waals surface area (Å²) in [7, 11) is 0. The molecule has 2 amide bonds. The predicted octanol–water partition coefficient (Wildman–Crippen LogP) is 3.33. The molecule has 7 nitrogen and oxygen atoms in total. The molecule has 1 fully saturated rings. The monoisotopic (exact) mass is 454 g/mol. The van der Waals surface area contributed by atoms with Gasteiger partial charge in [0.05, 0.1) is 0 Å². The lowest BCUT2D eigenvalue weighted by Gasteiger charge is -2.35. The smallest absolute Gasteiger partial charge is 0.407 e. The number of carbonyl (C=O) groups excluding carboxylic acids is 2. The number of hydrogen-bond donors (Lipinski definition) is 2. The van der Waals surface area contributed by atoms with Crippen molar-refractivity contribution in [3.05, 3.63) is 59.7 Å². The van der Waals surface area contributed by atoms with Gasteiger partial charge < -0.3 is 20.1 Å². The Kier molecular flexibility index (Phi) is 6.69. The molecule has 1 saturated heterocycles. The molecule has 2 aromatic carbocycles. The zero-order valence-electron chi connectivity index (χ0n) is 17.8. The Morgan fingerprint density at radius 2 is 1.75 bits per heavy atom. The first-order valence-electron chi connectivity index (χ1n) is 10.7. The zero-order chi connectivity index (χ0) is 22.7. The summed E-state index contributed by atoms with van der Waals surface area (Å²) in [5.74, 6) is -0.450. The minimum Gasteiger partial charge on any atom is -0.480 e. The summed E-state index contributed by atoms with van der Waals surface area (Å²) >= 11 is 1.51. The van der Waals surface area contributed by atoms with Crippen molar-refractivity contribution >= 4 is 29.7 Å². The summed E-state index contributed by atoms with van der Waals surface area (Å²) in [6.45, 7) is 2.28. The molecule has 0 radical (unpaired) electrons. The first-order valence-corrected chi connectivity index (χ1v) is 11.9. The van der Waals surface area contributed by atoms with E-state index in [9.17, 15) is 19.5 Å². The normalized spacial score (nSPS) is 18.4. The number of ether oxygens (including phenoxy) is 1. The second-order valence-corrected chi connectivity index (χ2v) is 9.04. The van der Waals surface area contributed by atoms with Crippen molar-refractivity contribution in [2.45, 2.75) is 31.3 Å². The van der Waals surface area contributed by atoms with Crippen LogP contribution in [0.1, 0.15) is 30.4 Å². The first kappa shape index (κ1) is 22.2. The maximum atomic E-state index is 13.0. The minimum atomic E-state index is -1.03. The van der Waals surface area contributed by atoms with Gasteiger partial charge in [0.1, 0.15) is 18.7 Å². The van der Waals surface area contributed by atoms with Crippen LogP contribution in [-0.4, -0.2) is 64.7 Å². The van der Waals surface area contributed by atoms with Gasteiger partial charge in [-0.1, -0.05) is 55.5 Å². The van der Waals surface area contributed by atoms with Gasteiger partial charge in [0.15, 0.2) is 0 Å². The Bertz CT molecular complexity index is 981. The molecule has 2 N–H and O–H groups in total. The Balaban J connectivity index is 1.41. The van der Waals surface area contributed by atoms with Crippen LogP contribution >= 0.6 is 11.8 Å². The SMILES string of the molecule is CCC(NC(=O)OCC1c2ccccc2-c2ccccc21)C(=O)N1CCSCC1C(=O)O.